The van der Waals surface area contributed by atoms with Gasteiger partial charge in [0.05, 0.1) is 11.1 Å². The number of nitrogens with zero attached hydrogens (tertiary/aromatic N) is 2. The van der Waals surface area contributed by atoms with E-state index in [0.717, 1.165) is 28.2 Å². The number of aliphatic hydroxyl groups is 1. The Hall–Kier alpha value is -2.86. The summed E-state index contributed by atoms with van der Waals surface area (Å²) in [6.45, 7) is 3.85. The first kappa shape index (κ1) is 19.5. The maximum Gasteiger partial charge on any atom is 0.259 e. The van der Waals surface area contributed by atoms with E-state index in [-0.39, 0.29) is 18.7 Å². The van der Waals surface area contributed by atoms with Crippen LogP contribution in [-0.2, 0) is 5.60 Å². The van der Waals surface area contributed by atoms with E-state index in [1.165, 1.54) is 17.9 Å². The Labute approximate surface area is 167 Å². The van der Waals surface area contributed by atoms with E-state index in [2.05, 4.69) is 4.98 Å². The normalized spacial score (nSPS) is 16.2. The highest BCUT2D eigenvalue weighted by Crippen LogP contribution is 2.35. The fraction of sp³-hybridized carbons (Fsp3) is 0.304. The van der Waals surface area contributed by atoms with Crippen molar-refractivity contribution in [3.8, 4) is 0 Å². The second-order valence-electron chi connectivity index (χ2n) is 7.74. The predicted octanol–water partition coefficient (Wildman–Crippen LogP) is 4.25. The first-order valence-corrected chi connectivity index (χ1v) is 9.63. The molecule has 1 fully saturated rings. The molecule has 150 valence electrons. The third-order valence-electron chi connectivity index (χ3n) is 5.74. The summed E-state index contributed by atoms with van der Waals surface area (Å²) < 4.78 is 28.4. The number of halogens is 2. The molecule has 2 heterocycles. The van der Waals surface area contributed by atoms with Gasteiger partial charge in [-0.25, -0.2) is 8.78 Å². The van der Waals surface area contributed by atoms with Crippen molar-refractivity contribution < 1.29 is 18.7 Å². The van der Waals surface area contributed by atoms with Gasteiger partial charge in [-0.15, -0.1) is 0 Å². The summed E-state index contributed by atoms with van der Waals surface area (Å²) in [5.74, 6) is -2.37. The molecule has 1 saturated heterocycles. The molecule has 0 bridgehead atoms. The fourth-order valence-corrected chi connectivity index (χ4v) is 3.90. The fourth-order valence-electron chi connectivity index (χ4n) is 3.90. The van der Waals surface area contributed by atoms with Crippen LogP contribution < -0.4 is 0 Å². The lowest BCUT2D eigenvalue weighted by Gasteiger charge is -2.38. The van der Waals surface area contributed by atoms with Crippen molar-refractivity contribution in [1.82, 2.24) is 9.88 Å². The molecule has 4 nitrogen and oxygen atoms in total. The van der Waals surface area contributed by atoms with Gasteiger partial charge < -0.3 is 10.0 Å². The van der Waals surface area contributed by atoms with Crippen molar-refractivity contribution in [2.24, 2.45) is 0 Å². The molecule has 1 N–H and O–H groups in total. The summed E-state index contributed by atoms with van der Waals surface area (Å²) in [4.78, 5) is 18.6. The Kier molecular flexibility index (Phi) is 4.82. The molecule has 0 radical (unpaired) electrons. The Bertz CT molecular complexity index is 1110. The van der Waals surface area contributed by atoms with E-state index in [1.54, 1.807) is 0 Å². The van der Waals surface area contributed by atoms with Crippen molar-refractivity contribution in [3.63, 3.8) is 0 Å². The molecule has 3 aromatic rings. The molecule has 0 atom stereocenters. The van der Waals surface area contributed by atoms with Crippen LogP contribution in [0.25, 0.3) is 10.9 Å². The Morgan fingerprint density at radius 3 is 2.52 bits per heavy atom. The highest BCUT2D eigenvalue weighted by atomic mass is 19.1. The summed E-state index contributed by atoms with van der Waals surface area (Å²) in [5.41, 5.74) is 1.14. The van der Waals surface area contributed by atoms with Gasteiger partial charge in [-0.2, -0.15) is 0 Å². The number of likely N-dealkylation sites (tertiary alicyclic amines) is 1. The molecule has 29 heavy (non-hydrogen) atoms. The number of piperidine rings is 1. The van der Waals surface area contributed by atoms with Gasteiger partial charge in [0.15, 0.2) is 0 Å². The third-order valence-corrected chi connectivity index (χ3v) is 5.74. The molecule has 1 aromatic heterocycles. The van der Waals surface area contributed by atoms with Crippen LogP contribution in [0.4, 0.5) is 8.78 Å². The lowest BCUT2D eigenvalue weighted by atomic mass is 9.83. The maximum absolute atomic E-state index is 14.3. The molecular formula is C23H22F2N2O2. The van der Waals surface area contributed by atoms with Crippen LogP contribution >= 0.6 is 0 Å². The number of pyridine rings is 1. The molecule has 0 unspecified atom stereocenters. The van der Waals surface area contributed by atoms with Crippen molar-refractivity contribution >= 4 is 16.8 Å². The van der Waals surface area contributed by atoms with Gasteiger partial charge in [0.2, 0.25) is 0 Å². The first-order valence-electron chi connectivity index (χ1n) is 9.63. The summed E-state index contributed by atoms with van der Waals surface area (Å²) in [7, 11) is 0. The molecule has 0 spiro atoms. The lowest BCUT2D eigenvalue weighted by molar-refractivity contribution is -0.0212. The molecule has 2 aromatic carbocycles. The summed E-state index contributed by atoms with van der Waals surface area (Å²) in [5, 5.41) is 12.1. The number of aromatic nitrogens is 1. The Morgan fingerprint density at radius 2 is 1.79 bits per heavy atom. The van der Waals surface area contributed by atoms with Gasteiger partial charge >= 0.3 is 0 Å². The number of amides is 1. The van der Waals surface area contributed by atoms with Gasteiger partial charge in [-0.3, -0.25) is 9.78 Å². The number of fused-ring (bicyclic) bond motifs is 1. The van der Waals surface area contributed by atoms with Crippen LogP contribution in [0.5, 0.6) is 0 Å². The van der Waals surface area contributed by atoms with Gasteiger partial charge in [-0.05, 0) is 62.1 Å². The SMILES string of the molecule is Cc1ccc2cc(C3(O)CCN(C(=O)c4c(F)ccc(C)c4F)CC3)ccc2n1. The Balaban J connectivity index is 1.55. The van der Waals surface area contributed by atoms with Crippen LogP contribution in [0, 0.1) is 25.5 Å². The van der Waals surface area contributed by atoms with E-state index in [0.29, 0.717) is 12.8 Å². The smallest absolute Gasteiger partial charge is 0.259 e. The average Bonchev–Trinajstić information content (AvgIpc) is 2.71. The molecule has 1 aliphatic rings. The zero-order valence-electron chi connectivity index (χ0n) is 16.4. The molecule has 1 aliphatic heterocycles. The second kappa shape index (κ2) is 7.19. The topological polar surface area (TPSA) is 53.4 Å². The zero-order valence-corrected chi connectivity index (χ0v) is 16.4. The number of carbonyl (C=O) groups is 1. The number of hydrogen-bond acceptors (Lipinski definition) is 3. The summed E-state index contributed by atoms with van der Waals surface area (Å²) >= 11 is 0. The van der Waals surface area contributed by atoms with Crippen molar-refractivity contribution in [1.29, 1.82) is 0 Å². The van der Waals surface area contributed by atoms with Gasteiger partial charge in [0, 0.05) is 24.2 Å². The predicted molar refractivity (Wildman–Crippen MR) is 107 cm³/mol. The van der Waals surface area contributed by atoms with E-state index >= 15 is 0 Å². The standard InChI is InChI=1S/C23H22F2N2O2/c1-14-3-7-18(24)20(21(14)25)22(28)27-11-9-23(29,10-12-27)17-6-8-19-16(13-17)5-4-15(2)26-19/h3-8,13,29H,9-12H2,1-2H3. The molecule has 4 rings (SSSR count). The van der Waals surface area contributed by atoms with Gasteiger partial charge in [0.25, 0.3) is 5.91 Å². The monoisotopic (exact) mass is 396 g/mol. The largest absolute Gasteiger partial charge is 0.385 e. The molecule has 0 aliphatic carbocycles. The van der Waals surface area contributed by atoms with Crippen LogP contribution in [0.2, 0.25) is 0 Å². The number of carbonyl (C=O) groups excluding carboxylic acids is 1. The molecule has 6 heteroatoms. The van der Waals surface area contributed by atoms with E-state index in [1.807, 2.05) is 37.3 Å². The van der Waals surface area contributed by atoms with Crippen molar-refractivity contribution in [2.75, 3.05) is 13.1 Å². The van der Waals surface area contributed by atoms with Crippen LogP contribution in [0.15, 0.2) is 42.5 Å². The van der Waals surface area contributed by atoms with Gasteiger partial charge in [0.1, 0.15) is 17.2 Å². The van der Waals surface area contributed by atoms with E-state index < -0.39 is 28.7 Å². The van der Waals surface area contributed by atoms with E-state index in [4.69, 9.17) is 0 Å². The quantitative estimate of drug-likeness (QED) is 0.705. The Morgan fingerprint density at radius 1 is 1.07 bits per heavy atom. The highest BCUT2D eigenvalue weighted by Gasteiger charge is 2.37. The van der Waals surface area contributed by atoms with Crippen LogP contribution in [-0.4, -0.2) is 34.0 Å². The molecule has 1 amide bonds. The second-order valence-corrected chi connectivity index (χ2v) is 7.74. The van der Waals surface area contributed by atoms with E-state index in [9.17, 15) is 18.7 Å². The van der Waals surface area contributed by atoms with Gasteiger partial charge in [-0.1, -0.05) is 18.2 Å². The molecular weight excluding hydrogens is 374 g/mol. The number of aryl methyl sites for hydroxylation is 2. The minimum atomic E-state index is -1.10. The summed E-state index contributed by atoms with van der Waals surface area (Å²) in [6, 6.07) is 12.0. The highest BCUT2D eigenvalue weighted by molar-refractivity contribution is 5.95. The average molecular weight is 396 g/mol. The number of hydrogen-bond donors (Lipinski definition) is 1. The van der Waals surface area contributed by atoms with Crippen molar-refractivity contribution in [3.05, 3.63) is 76.5 Å². The minimum Gasteiger partial charge on any atom is -0.385 e. The lowest BCUT2D eigenvalue weighted by Crippen LogP contribution is -2.45. The first-order chi connectivity index (χ1) is 13.8. The van der Waals surface area contributed by atoms with Crippen molar-refractivity contribution in [2.45, 2.75) is 32.3 Å². The molecule has 0 saturated carbocycles. The number of benzene rings is 2. The third kappa shape index (κ3) is 3.49. The maximum atomic E-state index is 14.3. The van der Waals surface area contributed by atoms with Crippen LogP contribution in [0.1, 0.15) is 40.0 Å². The zero-order chi connectivity index (χ0) is 20.8. The number of rotatable bonds is 2. The minimum absolute atomic E-state index is 0.215. The summed E-state index contributed by atoms with van der Waals surface area (Å²) in [6.07, 6.45) is 0.581. The van der Waals surface area contributed by atoms with Crippen LogP contribution in [0.3, 0.4) is 0 Å².